The molecule has 2 aromatic rings. The summed E-state index contributed by atoms with van der Waals surface area (Å²) in [5.41, 5.74) is 1.51. The summed E-state index contributed by atoms with van der Waals surface area (Å²) >= 11 is 0. The molecule has 3 rings (SSSR count). The van der Waals surface area contributed by atoms with Gasteiger partial charge in [0.15, 0.2) is 0 Å². The van der Waals surface area contributed by atoms with Crippen LogP contribution in [0.25, 0.3) is 10.9 Å². The number of ether oxygens (including phenoxy) is 1. The lowest BCUT2D eigenvalue weighted by Crippen LogP contribution is -2.48. The van der Waals surface area contributed by atoms with E-state index in [4.69, 9.17) is 4.74 Å². The molecule has 86 valence electrons. The van der Waals surface area contributed by atoms with Crippen molar-refractivity contribution in [3.8, 4) is 0 Å². The number of aromatic nitrogens is 1. The highest BCUT2D eigenvalue weighted by atomic mass is 16.5. The van der Waals surface area contributed by atoms with Crippen molar-refractivity contribution < 1.29 is 9.53 Å². The minimum Gasteiger partial charge on any atom is -0.377 e. The Bertz CT molecular complexity index is 559. The normalized spacial score (nSPS) is 15.5. The quantitative estimate of drug-likeness (QED) is 0.844. The average molecular weight is 228 g/mol. The molecule has 4 heteroatoms. The smallest absolute Gasteiger partial charge is 0.252 e. The van der Waals surface area contributed by atoms with Gasteiger partial charge in [-0.25, -0.2) is 0 Å². The van der Waals surface area contributed by atoms with Crippen molar-refractivity contribution >= 4 is 16.8 Å². The van der Waals surface area contributed by atoms with Crippen LogP contribution >= 0.6 is 0 Å². The molecule has 4 nitrogen and oxygen atoms in total. The van der Waals surface area contributed by atoms with Gasteiger partial charge in [0, 0.05) is 17.1 Å². The van der Waals surface area contributed by atoms with E-state index in [1.165, 1.54) is 0 Å². The number of pyridine rings is 1. The van der Waals surface area contributed by atoms with Crippen molar-refractivity contribution in [2.75, 3.05) is 13.2 Å². The molecular formula is C13H12N2O2. The Morgan fingerprint density at radius 2 is 2.18 bits per heavy atom. The highest BCUT2D eigenvalue weighted by molar-refractivity contribution is 6.06. The van der Waals surface area contributed by atoms with Gasteiger partial charge in [-0.15, -0.1) is 0 Å². The van der Waals surface area contributed by atoms with Crippen LogP contribution in [0, 0.1) is 0 Å². The second-order valence-electron chi connectivity index (χ2n) is 4.08. The Labute approximate surface area is 98.6 Å². The molecule has 1 fully saturated rings. The number of hydrogen-bond acceptors (Lipinski definition) is 3. The first-order valence-corrected chi connectivity index (χ1v) is 5.57. The van der Waals surface area contributed by atoms with E-state index in [0.29, 0.717) is 18.8 Å². The van der Waals surface area contributed by atoms with E-state index in [2.05, 4.69) is 10.3 Å². The van der Waals surface area contributed by atoms with Gasteiger partial charge < -0.3 is 10.1 Å². The molecule has 0 unspecified atom stereocenters. The number of carbonyl (C=O) groups is 1. The predicted molar refractivity (Wildman–Crippen MR) is 63.8 cm³/mol. The molecule has 1 saturated heterocycles. The molecule has 17 heavy (non-hydrogen) atoms. The van der Waals surface area contributed by atoms with E-state index in [0.717, 1.165) is 10.9 Å². The largest absolute Gasteiger partial charge is 0.377 e. The van der Waals surface area contributed by atoms with E-state index in [-0.39, 0.29) is 11.9 Å². The minimum absolute atomic E-state index is 0.0584. The SMILES string of the molecule is O=C(NC1COC1)c1cccc2ncccc12. The summed E-state index contributed by atoms with van der Waals surface area (Å²) < 4.78 is 5.03. The van der Waals surface area contributed by atoms with Gasteiger partial charge in [0.2, 0.25) is 0 Å². The molecule has 0 aliphatic carbocycles. The van der Waals surface area contributed by atoms with Crippen LogP contribution in [0.5, 0.6) is 0 Å². The molecule has 1 aromatic heterocycles. The summed E-state index contributed by atoms with van der Waals surface area (Å²) in [5.74, 6) is -0.0584. The summed E-state index contributed by atoms with van der Waals surface area (Å²) in [6.07, 6.45) is 1.73. The number of carbonyl (C=O) groups excluding carboxylic acids is 1. The molecule has 1 aliphatic rings. The average Bonchev–Trinajstić information content (AvgIpc) is 2.33. The molecule has 1 N–H and O–H groups in total. The molecule has 1 aliphatic heterocycles. The summed E-state index contributed by atoms with van der Waals surface area (Å²) in [6.45, 7) is 1.21. The summed E-state index contributed by atoms with van der Waals surface area (Å²) in [5, 5.41) is 3.82. The van der Waals surface area contributed by atoms with E-state index in [1.807, 2.05) is 30.3 Å². The zero-order valence-electron chi connectivity index (χ0n) is 9.22. The van der Waals surface area contributed by atoms with Crippen LogP contribution in [0.4, 0.5) is 0 Å². The number of hydrogen-bond donors (Lipinski definition) is 1. The second-order valence-corrected chi connectivity index (χ2v) is 4.08. The standard InChI is InChI=1S/C13H12N2O2/c16-13(15-9-7-17-8-9)11-3-1-5-12-10(11)4-2-6-14-12/h1-6,9H,7-8H2,(H,15,16). The lowest BCUT2D eigenvalue weighted by Gasteiger charge is -2.26. The first-order chi connectivity index (χ1) is 8.34. The van der Waals surface area contributed by atoms with Gasteiger partial charge in [-0.2, -0.15) is 0 Å². The fraction of sp³-hybridized carbons (Fsp3) is 0.231. The third kappa shape index (κ3) is 1.87. The highest BCUT2D eigenvalue weighted by Crippen LogP contribution is 2.16. The summed E-state index contributed by atoms with van der Waals surface area (Å²) in [6, 6.07) is 9.47. The van der Waals surface area contributed by atoms with E-state index in [1.54, 1.807) is 6.20 Å². The van der Waals surface area contributed by atoms with Gasteiger partial charge in [0.1, 0.15) is 0 Å². The van der Waals surface area contributed by atoms with Gasteiger partial charge in [0.25, 0.3) is 5.91 Å². The maximum absolute atomic E-state index is 12.1. The van der Waals surface area contributed by atoms with Crippen LogP contribution in [0.2, 0.25) is 0 Å². The van der Waals surface area contributed by atoms with Crippen LogP contribution in [0.15, 0.2) is 36.5 Å². The van der Waals surface area contributed by atoms with Crippen LogP contribution in [-0.2, 0) is 4.74 Å². The molecular weight excluding hydrogens is 216 g/mol. The zero-order chi connectivity index (χ0) is 11.7. The van der Waals surface area contributed by atoms with Crippen molar-refractivity contribution in [3.05, 3.63) is 42.1 Å². The fourth-order valence-electron chi connectivity index (χ4n) is 1.88. The van der Waals surface area contributed by atoms with E-state index < -0.39 is 0 Å². The Kier molecular flexibility index (Phi) is 2.49. The Hall–Kier alpha value is -1.94. The van der Waals surface area contributed by atoms with Gasteiger partial charge in [-0.1, -0.05) is 12.1 Å². The van der Waals surface area contributed by atoms with Crippen LogP contribution in [-0.4, -0.2) is 30.1 Å². The lowest BCUT2D eigenvalue weighted by molar-refractivity contribution is -0.00343. The van der Waals surface area contributed by atoms with Crippen LogP contribution in [0.1, 0.15) is 10.4 Å². The third-order valence-corrected chi connectivity index (χ3v) is 2.86. The molecule has 0 radical (unpaired) electrons. The number of nitrogens with one attached hydrogen (secondary N) is 1. The monoisotopic (exact) mass is 228 g/mol. The lowest BCUT2D eigenvalue weighted by atomic mass is 10.1. The number of nitrogens with zero attached hydrogens (tertiary/aromatic N) is 1. The molecule has 0 spiro atoms. The Morgan fingerprint density at radius 1 is 1.29 bits per heavy atom. The molecule has 0 saturated carbocycles. The van der Waals surface area contributed by atoms with Gasteiger partial charge in [-0.05, 0) is 18.2 Å². The zero-order valence-corrected chi connectivity index (χ0v) is 9.22. The maximum Gasteiger partial charge on any atom is 0.252 e. The fourth-order valence-corrected chi connectivity index (χ4v) is 1.88. The van der Waals surface area contributed by atoms with Crippen LogP contribution in [0.3, 0.4) is 0 Å². The van der Waals surface area contributed by atoms with Crippen molar-refractivity contribution in [2.45, 2.75) is 6.04 Å². The minimum atomic E-state index is -0.0584. The Morgan fingerprint density at radius 3 is 2.94 bits per heavy atom. The number of amides is 1. The molecule has 0 atom stereocenters. The number of benzene rings is 1. The molecule has 1 aromatic carbocycles. The molecule has 2 heterocycles. The number of rotatable bonds is 2. The third-order valence-electron chi connectivity index (χ3n) is 2.86. The highest BCUT2D eigenvalue weighted by Gasteiger charge is 2.21. The van der Waals surface area contributed by atoms with Crippen molar-refractivity contribution in [2.24, 2.45) is 0 Å². The predicted octanol–water partition coefficient (Wildman–Crippen LogP) is 1.36. The topological polar surface area (TPSA) is 51.2 Å². The first kappa shape index (κ1) is 10.2. The van der Waals surface area contributed by atoms with Crippen LogP contribution < -0.4 is 5.32 Å². The van der Waals surface area contributed by atoms with E-state index in [9.17, 15) is 4.79 Å². The van der Waals surface area contributed by atoms with Gasteiger partial charge in [-0.3, -0.25) is 9.78 Å². The second kappa shape index (κ2) is 4.14. The summed E-state index contributed by atoms with van der Waals surface area (Å²) in [4.78, 5) is 16.3. The van der Waals surface area contributed by atoms with Crippen molar-refractivity contribution in [1.29, 1.82) is 0 Å². The first-order valence-electron chi connectivity index (χ1n) is 5.57. The van der Waals surface area contributed by atoms with E-state index >= 15 is 0 Å². The van der Waals surface area contributed by atoms with Crippen molar-refractivity contribution in [3.63, 3.8) is 0 Å². The molecule has 1 amide bonds. The summed E-state index contributed by atoms with van der Waals surface area (Å²) in [7, 11) is 0. The van der Waals surface area contributed by atoms with Crippen molar-refractivity contribution in [1.82, 2.24) is 10.3 Å². The van der Waals surface area contributed by atoms with Gasteiger partial charge in [0.05, 0.1) is 24.8 Å². The Balaban J connectivity index is 1.95. The van der Waals surface area contributed by atoms with Gasteiger partial charge >= 0.3 is 0 Å². The number of fused-ring (bicyclic) bond motifs is 1. The maximum atomic E-state index is 12.1. The molecule has 0 bridgehead atoms.